The van der Waals surface area contributed by atoms with Crippen molar-refractivity contribution in [3.63, 3.8) is 0 Å². The second-order valence-corrected chi connectivity index (χ2v) is 16.6. The van der Waals surface area contributed by atoms with Crippen molar-refractivity contribution in [2.75, 3.05) is 13.2 Å². The molecule has 0 aromatic rings. The van der Waals surface area contributed by atoms with Crippen molar-refractivity contribution in [3.8, 4) is 0 Å². The molecule has 43 heavy (non-hydrogen) atoms. The van der Waals surface area contributed by atoms with Crippen molar-refractivity contribution >= 4 is 17.5 Å². The molecular formula is C36H54O7. The van der Waals surface area contributed by atoms with Gasteiger partial charge in [-0.3, -0.25) is 14.4 Å². The van der Waals surface area contributed by atoms with Crippen LogP contribution in [-0.4, -0.2) is 49.4 Å². The first-order valence-corrected chi connectivity index (χ1v) is 17.8. The van der Waals surface area contributed by atoms with Crippen LogP contribution in [0.4, 0.5) is 0 Å². The molecule has 11 atom stereocenters. The monoisotopic (exact) mass is 598 g/mol. The van der Waals surface area contributed by atoms with Crippen LogP contribution in [-0.2, 0) is 33.3 Å². The molecule has 0 spiro atoms. The minimum Gasteiger partial charge on any atom is -0.462 e. The van der Waals surface area contributed by atoms with Crippen LogP contribution in [0.15, 0.2) is 0 Å². The van der Waals surface area contributed by atoms with Gasteiger partial charge in [0.2, 0.25) is 0 Å². The molecule has 0 N–H and O–H groups in total. The number of carbonyl (C=O) groups is 3. The van der Waals surface area contributed by atoms with Crippen LogP contribution < -0.4 is 0 Å². The molecule has 7 nitrogen and oxygen atoms in total. The molecule has 7 fully saturated rings. The Morgan fingerprint density at radius 1 is 0.860 bits per heavy atom. The number of Topliss-reactive ketones (excluding diaryl/α,β-unsaturated/α-hetero) is 2. The first kappa shape index (κ1) is 30.3. The molecule has 0 amide bonds. The summed E-state index contributed by atoms with van der Waals surface area (Å²) in [6.45, 7) is 4.33. The largest absolute Gasteiger partial charge is 0.462 e. The Balaban J connectivity index is 1.01. The molecule has 7 aliphatic rings. The zero-order chi connectivity index (χ0) is 29.8. The Morgan fingerprint density at radius 2 is 1.63 bits per heavy atom. The van der Waals surface area contributed by atoms with Crippen molar-refractivity contribution in [1.29, 1.82) is 0 Å². The standard InChI is InChI=1S/C36H54O7/c1-22-11-25-7-4-10-36(16-22,18-25)34(39)41-20-30-33(43-32(42-30)27-13-23-5-3-6-24(12-23)14-27)40-21-31(38)35(2)17-26-8-9-29(37)28(15-26)19-35/h22-28,30,32-33H,3-21H2,1-2H3. The number of fused-ring (bicyclic) bond motifs is 6. The average molecular weight is 599 g/mol. The van der Waals surface area contributed by atoms with Gasteiger partial charge in [-0.25, -0.2) is 0 Å². The molecule has 6 aliphatic carbocycles. The van der Waals surface area contributed by atoms with Gasteiger partial charge in [0, 0.05) is 23.7 Å². The molecule has 0 aromatic heterocycles. The van der Waals surface area contributed by atoms with Gasteiger partial charge < -0.3 is 18.9 Å². The quantitative estimate of drug-likeness (QED) is 0.284. The number of carbonyl (C=O) groups excluding carboxylic acids is 3. The predicted molar refractivity (Wildman–Crippen MR) is 160 cm³/mol. The molecular weight excluding hydrogens is 544 g/mol. The third kappa shape index (κ3) is 6.25. The number of rotatable bonds is 8. The first-order valence-electron chi connectivity index (χ1n) is 17.8. The van der Waals surface area contributed by atoms with Crippen LogP contribution in [0.2, 0.25) is 0 Å². The third-order valence-corrected chi connectivity index (χ3v) is 13.0. The number of ketones is 2. The lowest BCUT2D eigenvalue weighted by Crippen LogP contribution is -2.45. The highest BCUT2D eigenvalue weighted by atomic mass is 16.8. The van der Waals surface area contributed by atoms with Crippen molar-refractivity contribution in [1.82, 2.24) is 0 Å². The Morgan fingerprint density at radius 3 is 2.44 bits per heavy atom. The molecule has 0 radical (unpaired) electrons. The molecule has 6 saturated carbocycles. The van der Waals surface area contributed by atoms with E-state index in [1.165, 1.54) is 38.5 Å². The predicted octanol–water partition coefficient (Wildman–Crippen LogP) is 6.79. The summed E-state index contributed by atoms with van der Waals surface area (Å²) in [5, 5.41) is 0. The lowest BCUT2D eigenvalue weighted by Gasteiger charge is -2.45. The van der Waals surface area contributed by atoms with Gasteiger partial charge in [0.15, 0.2) is 18.4 Å². The van der Waals surface area contributed by atoms with Crippen molar-refractivity contribution in [2.45, 2.75) is 142 Å². The SMILES string of the molecule is CC1CC2CCCC(C(=O)OCC3OC(C4CC5CCCC(C5)C4)OC3OCC(=O)C3(C)CC4CCC(=O)C(C4)C3)(C1)C2. The molecule has 1 saturated heterocycles. The van der Waals surface area contributed by atoms with Crippen molar-refractivity contribution in [3.05, 3.63) is 0 Å². The fourth-order valence-corrected chi connectivity index (χ4v) is 11.2. The molecule has 240 valence electrons. The highest BCUT2D eigenvalue weighted by Crippen LogP contribution is 2.52. The summed E-state index contributed by atoms with van der Waals surface area (Å²) < 4.78 is 25.4. The number of hydrogen-bond acceptors (Lipinski definition) is 7. The summed E-state index contributed by atoms with van der Waals surface area (Å²) in [5.74, 6) is 3.71. The summed E-state index contributed by atoms with van der Waals surface area (Å²) in [7, 11) is 0. The number of esters is 1. The molecule has 7 heteroatoms. The highest BCUT2D eigenvalue weighted by Gasteiger charge is 2.51. The Bertz CT molecular complexity index is 1060. The van der Waals surface area contributed by atoms with Crippen LogP contribution in [0, 0.1) is 52.3 Å². The maximum atomic E-state index is 13.7. The highest BCUT2D eigenvalue weighted by molar-refractivity contribution is 5.88. The van der Waals surface area contributed by atoms with Crippen molar-refractivity contribution < 1.29 is 33.3 Å². The lowest BCUT2D eigenvalue weighted by molar-refractivity contribution is -0.180. The van der Waals surface area contributed by atoms with Crippen molar-refractivity contribution in [2.24, 2.45) is 52.3 Å². The Labute approximate surface area is 257 Å². The zero-order valence-corrected chi connectivity index (χ0v) is 26.6. The van der Waals surface area contributed by atoms with Crippen LogP contribution in [0.5, 0.6) is 0 Å². The summed E-state index contributed by atoms with van der Waals surface area (Å²) in [4.78, 5) is 39.8. The van der Waals surface area contributed by atoms with Gasteiger partial charge in [-0.1, -0.05) is 46.0 Å². The zero-order valence-electron chi connectivity index (χ0n) is 26.6. The Kier molecular flexibility index (Phi) is 8.56. The van der Waals surface area contributed by atoms with Gasteiger partial charge in [-0.2, -0.15) is 0 Å². The van der Waals surface area contributed by atoms with Gasteiger partial charge in [0.25, 0.3) is 0 Å². The van der Waals surface area contributed by atoms with Gasteiger partial charge in [-0.15, -0.1) is 0 Å². The van der Waals surface area contributed by atoms with E-state index in [9.17, 15) is 14.4 Å². The molecule has 6 bridgehead atoms. The van der Waals surface area contributed by atoms with E-state index in [2.05, 4.69) is 6.92 Å². The third-order valence-electron chi connectivity index (χ3n) is 13.0. The van der Waals surface area contributed by atoms with E-state index < -0.39 is 17.8 Å². The second kappa shape index (κ2) is 12.1. The van der Waals surface area contributed by atoms with E-state index in [0.717, 1.165) is 69.6 Å². The van der Waals surface area contributed by atoms with Crippen LogP contribution in [0.25, 0.3) is 0 Å². The first-order chi connectivity index (χ1) is 20.7. The fourth-order valence-electron chi connectivity index (χ4n) is 11.2. The van der Waals surface area contributed by atoms with Crippen LogP contribution >= 0.6 is 0 Å². The van der Waals surface area contributed by atoms with E-state index in [1.54, 1.807) is 0 Å². The minimum absolute atomic E-state index is 0.0103. The minimum atomic E-state index is -0.737. The van der Waals surface area contributed by atoms with E-state index in [4.69, 9.17) is 18.9 Å². The van der Waals surface area contributed by atoms with E-state index in [1.807, 2.05) is 6.92 Å². The smallest absolute Gasteiger partial charge is 0.312 e. The molecule has 1 aliphatic heterocycles. The van der Waals surface area contributed by atoms with Gasteiger partial charge >= 0.3 is 5.97 Å². The van der Waals surface area contributed by atoms with Crippen LogP contribution in [0.3, 0.4) is 0 Å². The molecule has 11 unspecified atom stereocenters. The molecule has 7 rings (SSSR count). The summed E-state index contributed by atoms with van der Waals surface area (Å²) in [6, 6.07) is 0. The Hall–Kier alpha value is -1.31. The molecule has 0 aromatic carbocycles. The van der Waals surface area contributed by atoms with Gasteiger partial charge in [0.1, 0.15) is 25.1 Å². The number of hydrogen-bond donors (Lipinski definition) is 0. The summed E-state index contributed by atoms with van der Waals surface area (Å²) >= 11 is 0. The van der Waals surface area contributed by atoms with E-state index in [0.29, 0.717) is 42.3 Å². The molecule has 1 heterocycles. The van der Waals surface area contributed by atoms with Gasteiger partial charge in [0.05, 0.1) is 5.41 Å². The van der Waals surface area contributed by atoms with E-state index >= 15 is 0 Å². The van der Waals surface area contributed by atoms with E-state index in [-0.39, 0.29) is 42.6 Å². The normalized spacial score (nSPS) is 47.6. The van der Waals surface area contributed by atoms with Gasteiger partial charge in [-0.05, 0) is 100 Å². The lowest BCUT2D eigenvalue weighted by atomic mass is 9.59. The maximum Gasteiger partial charge on any atom is 0.312 e. The fraction of sp³-hybridized carbons (Fsp3) is 0.917. The topological polar surface area (TPSA) is 88.1 Å². The summed E-state index contributed by atoms with van der Waals surface area (Å²) in [5.41, 5.74) is -0.905. The maximum absolute atomic E-state index is 13.7. The number of ether oxygens (including phenoxy) is 4. The summed E-state index contributed by atoms with van der Waals surface area (Å²) in [6.07, 6.45) is 16.1. The van der Waals surface area contributed by atoms with Crippen LogP contribution in [0.1, 0.15) is 123 Å². The average Bonchev–Trinajstić information content (AvgIpc) is 3.39. The second-order valence-electron chi connectivity index (χ2n) is 16.6.